The van der Waals surface area contributed by atoms with Crippen molar-refractivity contribution in [3.8, 4) is 5.75 Å². The molecule has 0 spiro atoms. The number of hydrogen-bond acceptors (Lipinski definition) is 2. The number of Topliss-reactive ketones (excluding diaryl/α,β-unsaturated/α-hetero) is 1. The molecule has 1 aliphatic rings. The quantitative estimate of drug-likeness (QED) is 0.756. The Kier molecular flexibility index (Phi) is 2.12. The molecule has 0 saturated carbocycles. The number of phenolic OH excluding ortho intramolecular Hbond substituents is 1. The lowest BCUT2D eigenvalue weighted by molar-refractivity contribution is -0.118. The van der Waals surface area contributed by atoms with Gasteiger partial charge in [-0.2, -0.15) is 0 Å². The maximum absolute atomic E-state index is 11.1. The van der Waals surface area contributed by atoms with E-state index in [9.17, 15) is 9.90 Å². The lowest BCUT2D eigenvalue weighted by Gasteiger charge is -2.15. The van der Waals surface area contributed by atoms with Crippen LogP contribution in [0.1, 0.15) is 17.5 Å². The smallest absolute Gasteiger partial charge is 0.137 e. The highest BCUT2D eigenvalue weighted by Crippen LogP contribution is 2.30. The zero-order chi connectivity index (χ0) is 9.42. The molecule has 2 rings (SSSR count). The van der Waals surface area contributed by atoms with Crippen molar-refractivity contribution in [3.63, 3.8) is 0 Å². The minimum atomic E-state index is 0.216. The zero-order valence-corrected chi connectivity index (χ0v) is 8.60. The number of carbonyl (C=O) groups excluding carboxylic acids is 1. The Hall–Kier alpha value is -0.830. The van der Waals surface area contributed by atoms with Crippen molar-refractivity contribution in [2.45, 2.75) is 19.3 Å². The fourth-order valence-electron chi connectivity index (χ4n) is 1.62. The number of aryl methyl sites for hydroxylation is 1. The fraction of sp³-hybridized carbons (Fsp3) is 0.300. The Morgan fingerprint density at radius 2 is 2.00 bits per heavy atom. The van der Waals surface area contributed by atoms with Crippen LogP contribution < -0.4 is 0 Å². The van der Waals surface area contributed by atoms with Gasteiger partial charge in [0.15, 0.2) is 0 Å². The van der Waals surface area contributed by atoms with E-state index in [1.54, 1.807) is 6.07 Å². The van der Waals surface area contributed by atoms with E-state index in [-0.39, 0.29) is 11.5 Å². The van der Waals surface area contributed by atoms with Crippen LogP contribution in [0.25, 0.3) is 0 Å². The summed E-state index contributed by atoms with van der Waals surface area (Å²) in [5.41, 5.74) is 2.14. The van der Waals surface area contributed by atoms with Crippen LogP contribution in [-0.2, 0) is 17.6 Å². The number of hydrogen-bond donors (Lipinski definition) is 1. The number of aromatic hydroxyl groups is 1. The first-order chi connectivity index (χ1) is 6.16. The van der Waals surface area contributed by atoms with Crippen LogP contribution in [0.5, 0.6) is 5.75 Å². The van der Waals surface area contributed by atoms with E-state index in [0.29, 0.717) is 17.3 Å². The Labute approximate surface area is 84.7 Å². The summed E-state index contributed by atoms with van der Waals surface area (Å²) < 4.78 is 0.709. The molecule has 0 aliphatic heterocycles. The van der Waals surface area contributed by atoms with Crippen LogP contribution in [-0.4, -0.2) is 10.9 Å². The summed E-state index contributed by atoms with van der Waals surface area (Å²) in [6.45, 7) is 0. The second-order valence-corrected chi connectivity index (χ2v) is 4.14. The van der Waals surface area contributed by atoms with E-state index in [1.165, 1.54) is 5.56 Å². The van der Waals surface area contributed by atoms with Gasteiger partial charge in [-0.25, -0.2) is 0 Å². The van der Waals surface area contributed by atoms with Crippen LogP contribution in [0, 0.1) is 0 Å². The molecule has 2 nitrogen and oxygen atoms in total. The second-order valence-electron chi connectivity index (χ2n) is 3.29. The first-order valence-corrected chi connectivity index (χ1v) is 4.98. The van der Waals surface area contributed by atoms with E-state index in [1.807, 2.05) is 6.07 Å². The molecule has 0 unspecified atom stereocenters. The predicted octanol–water partition coefficient (Wildman–Crippen LogP) is 2.21. The van der Waals surface area contributed by atoms with Gasteiger partial charge in [0.25, 0.3) is 0 Å². The summed E-state index contributed by atoms with van der Waals surface area (Å²) in [6, 6.07) is 3.58. The van der Waals surface area contributed by atoms with Crippen LogP contribution in [0.4, 0.5) is 0 Å². The molecule has 13 heavy (non-hydrogen) atoms. The van der Waals surface area contributed by atoms with E-state index < -0.39 is 0 Å². The number of ketones is 1. The summed E-state index contributed by atoms with van der Waals surface area (Å²) >= 11 is 3.25. The zero-order valence-electron chi connectivity index (χ0n) is 7.01. The normalized spacial score (nSPS) is 15.6. The Morgan fingerprint density at radius 3 is 2.77 bits per heavy atom. The Balaban J connectivity index is 2.49. The van der Waals surface area contributed by atoms with Gasteiger partial charge in [0.2, 0.25) is 0 Å². The topological polar surface area (TPSA) is 37.3 Å². The molecule has 0 atom stereocenters. The summed E-state index contributed by atoms with van der Waals surface area (Å²) in [5, 5.41) is 9.40. The van der Waals surface area contributed by atoms with Crippen LogP contribution in [0.3, 0.4) is 0 Å². The van der Waals surface area contributed by atoms with Gasteiger partial charge in [0.05, 0.1) is 4.47 Å². The van der Waals surface area contributed by atoms with Crippen molar-refractivity contribution < 1.29 is 9.90 Å². The van der Waals surface area contributed by atoms with Crippen molar-refractivity contribution in [2.24, 2.45) is 0 Å². The van der Waals surface area contributed by atoms with Gasteiger partial charge >= 0.3 is 0 Å². The Bertz CT molecular complexity index is 371. The molecule has 0 aromatic heterocycles. The number of phenols is 1. The number of fused-ring (bicyclic) bond motifs is 1. The van der Waals surface area contributed by atoms with E-state index in [0.717, 1.165) is 12.0 Å². The standard InChI is InChI=1S/C10H9BrO2/c11-9-4-6-1-2-8(12)3-7(6)5-10(9)13/h4-5,13H,1-3H2. The lowest BCUT2D eigenvalue weighted by atomic mass is 9.91. The predicted molar refractivity (Wildman–Crippen MR) is 52.8 cm³/mol. The first-order valence-electron chi connectivity index (χ1n) is 4.19. The highest BCUT2D eigenvalue weighted by molar-refractivity contribution is 9.10. The van der Waals surface area contributed by atoms with Crippen LogP contribution in [0.15, 0.2) is 16.6 Å². The van der Waals surface area contributed by atoms with Gasteiger partial charge in [0.1, 0.15) is 11.5 Å². The molecule has 0 amide bonds. The molecule has 3 heteroatoms. The molecule has 1 aromatic rings. The van der Waals surface area contributed by atoms with Gasteiger partial charge in [0, 0.05) is 12.8 Å². The molecule has 1 N–H and O–H groups in total. The largest absolute Gasteiger partial charge is 0.507 e. The van der Waals surface area contributed by atoms with Gasteiger partial charge in [-0.3, -0.25) is 4.79 Å². The van der Waals surface area contributed by atoms with Gasteiger partial charge in [-0.15, -0.1) is 0 Å². The number of rotatable bonds is 0. The minimum Gasteiger partial charge on any atom is -0.507 e. The molecule has 1 aliphatic carbocycles. The third-order valence-electron chi connectivity index (χ3n) is 2.33. The van der Waals surface area contributed by atoms with Crippen LogP contribution in [0.2, 0.25) is 0 Å². The maximum Gasteiger partial charge on any atom is 0.137 e. The third-order valence-corrected chi connectivity index (χ3v) is 2.97. The summed E-state index contributed by atoms with van der Waals surface area (Å²) in [7, 11) is 0. The monoisotopic (exact) mass is 240 g/mol. The number of halogens is 1. The molecule has 0 heterocycles. The minimum absolute atomic E-state index is 0.216. The average Bonchev–Trinajstić information content (AvgIpc) is 2.08. The van der Waals surface area contributed by atoms with E-state index in [4.69, 9.17) is 0 Å². The molecule has 0 fully saturated rings. The lowest BCUT2D eigenvalue weighted by Crippen LogP contribution is -2.12. The molecule has 0 radical (unpaired) electrons. The molecule has 0 saturated heterocycles. The highest BCUT2D eigenvalue weighted by atomic mass is 79.9. The average molecular weight is 241 g/mol. The van der Waals surface area contributed by atoms with Gasteiger partial charge in [-0.1, -0.05) is 0 Å². The molecule has 0 bridgehead atoms. The van der Waals surface area contributed by atoms with Crippen molar-refractivity contribution >= 4 is 21.7 Å². The highest BCUT2D eigenvalue weighted by Gasteiger charge is 2.16. The van der Waals surface area contributed by atoms with E-state index in [2.05, 4.69) is 15.9 Å². The second kappa shape index (κ2) is 3.14. The van der Waals surface area contributed by atoms with Gasteiger partial charge < -0.3 is 5.11 Å². The van der Waals surface area contributed by atoms with E-state index >= 15 is 0 Å². The van der Waals surface area contributed by atoms with Crippen molar-refractivity contribution in [2.75, 3.05) is 0 Å². The summed E-state index contributed by atoms with van der Waals surface area (Å²) in [6.07, 6.45) is 1.90. The fourth-order valence-corrected chi connectivity index (χ4v) is 2.01. The SMILES string of the molecule is O=C1CCc2cc(Br)c(O)cc2C1. The molecular weight excluding hydrogens is 232 g/mol. The summed E-state index contributed by atoms with van der Waals surface area (Å²) in [4.78, 5) is 11.1. The number of carbonyl (C=O) groups is 1. The molecular formula is C10H9BrO2. The van der Waals surface area contributed by atoms with Crippen molar-refractivity contribution in [1.82, 2.24) is 0 Å². The van der Waals surface area contributed by atoms with Gasteiger partial charge in [-0.05, 0) is 45.6 Å². The Morgan fingerprint density at radius 1 is 1.23 bits per heavy atom. The summed E-state index contributed by atoms with van der Waals surface area (Å²) in [5.74, 6) is 0.475. The maximum atomic E-state index is 11.1. The molecule has 68 valence electrons. The number of benzene rings is 1. The van der Waals surface area contributed by atoms with Crippen molar-refractivity contribution in [3.05, 3.63) is 27.7 Å². The third kappa shape index (κ3) is 1.61. The van der Waals surface area contributed by atoms with Crippen LogP contribution >= 0.6 is 15.9 Å². The van der Waals surface area contributed by atoms with Crippen molar-refractivity contribution in [1.29, 1.82) is 0 Å². The first kappa shape index (κ1) is 8.75. The molecule has 1 aromatic carbocycles.